The summed E-state index contributed by atoms with van der Waals surface area (Å²) in [4.78, 5) is 0. The summed E-state index contributed by atoms with van der Waals surface area (Å²) >= 11 is 3.37. The number of sulfonamides is 1. The van der Waals surface area contributed by atoms with Gasteiger partial charge in [0.25, 0.3) is 0 Å². The zero-order chi connectivity index (χ0) is 11.7. The highest BCUT2D eigenvalue weighted by Crippen LogP contribution is 2.30. The molecule has 1 N–H and O–H groups in total. The molecule has 0 saturated heterocycles. The molecule has 0 amide bonds. The van der Waals surface area contributed by atoms with Crippen LogP contribution in [0.2, 0.25) is 0 Å². The minimum atomic E-state index is -3.06. The molecule has 1 aliphatic carbocycles. The lowest BCUT2D eigenvalue weighted by Crippen LogP contribution is -2.45. The maximum absolute atomic E-state index is 11.8. The van der Waals surface area contributed by atoms with Gasteiger partial charge >= 0.3 is 0 Å². The Balaban J connectivity index is 2.66. The third-order valence-corrected chi connectivity index (χ3v) is 5.13. The van der Waals surface area contributed by atoms with E-state index >= 15 is 0 Å². The standard InChI is InChI=1S/C10H20BrNO2S/c1-10(2,3)9(6-7-11)12-15(13,14)8-4-5-8/h8-9,12H,4-7H2,1-3H3. The van der Waals surface area contributed by atoms with E-state index in [9.17, 15) is 8.42 Å². The van der Waals surface area contributed by atoms with Crippen LogP contribution in [0.15, 0.2) is 0 Å². The van der Waals surface area contributed by atoms with Crippen LogP contribution < -0.4 is 4.72 Å². The van der Waals surface area contributed by atoms with Gasteiger partial charge in [0.05, 0.1) is 5.25 Å². The first-order valence-corrected chi connectivity index (χ1v) is 8.01. The van der Waals surface area contributed by atoms with E-state index in [1.54, 1.807) is 0 Å². The van der Waals surface area contributed by atoms with Crippen LogP contribution >= 0.6 is 15.9 Å². The van der Waals surface area contributed by atoms with Crippen LogP contribution in [-0.2, 0) is 10.0 Å². The SMILES string of the molecule is CC(C)(C)C(CCBr)NS(=O)(=O)C1CC1. The number of hydrogen-bond donors (Lipinski definition) is 1. The molecule has 5 heteroatoms. The molecule has 0 aliphatic heterocycles. The van der Waals surface area contributed by atoms with E-state index in [-0.39, 0.29) is 16.7 Å². The molecule has 0 aromatic carbocycles. The molecule has 3 nitrogen and oxygen atoms in total. The van der Waals surface area contributed by atoms with Crippen molar-refractivity contribution in [1.29, 1.82) is 0 Å². The van der Waals surface area contributed by atoms with E-state index in [1.807, 2.05) is 0 Å². The van der Waals surface area contributed by atoms with Crippen molar-refractivity contribution in [3.05, 3.63) is 0 Å². The topological polar surface area (TPSA) is 46.2 Å². The Kier molecular flexibility index (Phi) is 4.23. The van der Waals surface area contributed by atoms with Crippen molar-refractivity contribution in [3.8, 4) is 0 Å². The van der Waals surface area contributed by atoms with Crippen molar-refractivity contribution in [3.63, 3.8) is 0 Å². The Bertz CT molecular complexity index is 304. The van der Waals surface area contributed by atoms with Gasteiger partial charge in [-0.2, -0.15) is 0 Å². The number of alkyl halides is 1. The summed E-state index contributed by atoms with van der Waals surface area (Å²) in [6, 6.07) is 0.0162. The molecule has 1 saturated carbocycles. The lowest BCUT2D eigenvalue weighted by Gasteiger charge is -2.30. The lowest BCUT2D eigenvalue weighted by atomic mass is 9.86. The molecule has 0 radical (unpaired) electrons. The second-order valence-electron chi connectivity index (χ2n) is 5.26. The van der Waals surface area contributed by atoms with Crippen LogP contribution in [0.4, 0.5) is 0 Å². The molecule has 1 aliphatic rings. The second-order valence-corrected chi connectivity index (χ2v) is 8.04. The van der Waals surface area contributed by atoms with Crippen LogP contribution in [0.25, 0.3) is 0 Å². The van der Waals surface area contributed by atoms with Crippen LogP contribution in [-0.4, -0.2) is 25.0 Å². The van der Waals surface area contributed by atoms with Crippen molar-refractivity contribution < 1.29 is 8.42 Å². The van der Waals surface area contributed by atoms with Gasteiger partial charge in [-0.3, -0.25) is 0 Å². The predicted octanol–water partition coefficient (Wildman–Crippen LogP) is 2.27. The van der Waals surface area contributed by atoms with E-state index in [1.165, 1.54) is 0 Å². The monoisotopic (exact) mass is 297 g/mol. The first-order chi connectivity index (χ1) is 6.77. The van der Waals surface area contributed by atoms with Crippen LogP contribution in [0.1, 0.15) is 40.0 Å². The summed E-state index contributed by atoms with van der Waals surface area (Å²) < 4.78 is 26.4. The minimum absolute atomic E-state index is 0.0162. The molecule has 1 rings (SSSR count). The minimum Gasteiger partial charge on any atom is -0.212 e. The summed E-state index contributed by atoms with van der Waals surface area (Å²) in [5.41, 5.74) is -0.0320. The maximum atomic E-state index is 11.8. The van der Waals surface area contributed by atoms with Crippen LogP contribution in [0.3, 0.4) is 0 Å². The average Bonchev–Trinajstić information content (AvgIpc) is 2.83. The molecule has 1 unspecified atom stereocenters. The summed E-state index contributed by atoms with van der Waals surface area (Å²) in [7, 11) is -3.06. The summed E-state index contributed by atoms with van der Waals surface area (Å²) in [6.45, 7) is 6.20. The molecule has 90 valence electrons. The first-order valence-electron chi connectivity index (χ1n) is 5.34. The van der Waals surface area contributed by atoms with Gasteiger partial charge in [0.15, 0.2) is 0 Å². The summed E-state index contributed by atoms with van der Waals surface area (Å²) in [5.74, 6) is 0. The zero-order valence-electron chi connectivity index (χ0n) is 9.59. The predicted molar refractivity (Wildman–Crippen MR) is 66.7 cm³/mol. The smallest absolute Gasteiger partial charge is 0.212 e. The van der Waals surface area contributed by atoms with Gasteiger partial charge in [-0.1, -0.05) is 36.7 Å². The number of rotatable bonds is 5. The van der Waals surface area contributed by atoms with Gasteiger partial charge < -0.3 is 0 Å². The normalized spacial score (nSPS) is 20.3. The van der Waals surface area contributed by atoms with Crippen molar-refractivity contribution in [2.45, 2.75) is 51.3 Å². The van der Waals surface area contributed by atoms with E-state index in [0.717, 1.165) is 24.6 Å². The number of halogens is 1. The maximum Gasteiger partial charge on any atom is 0.214 e. The fraction of sp³-hybridized carbons (Fsp3) is 1.00. The zero-order valence-corrected chi connectivity index (χ0v) is 12.0. The Labute approximate surface area is 101 Å². The van der Waals surface area contributed by atoms with Gasteiger partial charge in [0.1, 0.15) is 0 Å². The highest BCUT2D eigenvalue weighted by Gasteiger charge is 2.38. The van der Waals surface area contributed by atoms with Gasteiger partial charge in [0.2, 0.25) is 10.0 Å². The van der Waals surface area contributed by atoms with E-state index in [2.05, 4.69) is 41.4 Å². The largest absolute Gasteiger partial charge is 0.214 e. The quantitative estimate of drug-likeness (QED) is 0.791. The third-order valence-electron chi connectivity index (χ3n) is 2.71. The molecular weight excluding hydrogens is 278 g/mol. The van der Waals surface area contributed by atoms with Crippen molar-refractivity contribution in [2.75, 3.05) is 5.33 Å². The van der Waals surface area contributed by atoms with Gasteiger partial charge in [-0.25, -0.2) is 13.1 Å². The Morgan fingerprint density at radius 1 is 1.40 bits per heavy atom. The highest BCUT2D eigenvalue weighted by atomic mass is 79.9. The van der Waals surface area contributed by atoms with Gasteiger partial charge in [0, 0.05) is 11.4 Å². The second kappa shape index (κ2) is 4.72. The molecule has 1 atom stereocenters. The Hall–Kier alpha value is 0.390. The Morgan fingerprint density at radius 3 is 2.27 bits per heavy atom. The van der Waals surface area contributed by atoms with Crippen molar-refractivity contribution in [2.24, 2.45) is 5.41 Å². The first kappa shape index (κ1) is 13.5. The fourth-order valence-electron chi connectivity index (χ4n) is 1.45. The van der Waals surface area contributed by atoms with Crippen LogP contribution in [0.5, 0.6) is 0 Å². The average molecular weight is 298 g/mol. The molecule has 0 bridgehead atoms. The molecule has 0 aromatic heterocycles. The highest BCUT2D eigenvalue weighted by molar-refractivity contribution is 9.09. The summed E-state index contributed by atoms with van der Waals surface area (Å²) in [6.07, 6.45) is 2.47. The molecule has 0 spiro atoms. The Morgan fingerprint density at radius 2 is 1.93 bits per heavy atom. The third kappa shape index (κ3) is 4.04. The summed E-state index contributed by atoms with van der Waals surface area (Å²) in [5, 5.41) is 0.694. The van der Waals surface area contributed by atoms with Gasteiger partial charge in [-0.05, 0) is 24.7 Å². The van der Waals surface area contributed by atoms with Crippen molar-refractivity contribution >= 4 is 26.0 Å². The molecule has 0 heterocycles. The van der Waals surface area contributed by atoms with E-state index < -0.39 is 10.0 Å². The van der Waals surface area contributed by atoms with Gasteiger partial charge in [-0.15, -0.1) is 0 Å². The molecular formula is C10H20BrNO2S. The van der Waals surface area contributed by atoms with E-state index in [4.69, 9.17) is 0 Å². The van der Waals surface area contributed by atoms with Crippen molar-refractivity contribution in [1.82, 2.24) is 4.72 Å². The molecule has 0 aromatic rings. The van der Waals surface area contributed by atoms with Crippen LogP contribution in [0, 0.1) is 5.41 Å². The number of nitrogens with one attached hydrogen (secondary N) is 1. The molecule has 15 heavy (non-hydrogen) atoms. The molecule has 1 fully saturated rings. The van der Waals surface area contributed by atoms with E-state index in [0.29, 0.717) is 0 Å². The lowest BCUT2D eigenvalue weighted by molar-refractivity contribution is 0.293. The fourth-order valence-corrected chi connectivity index (χ4v) is 3.73. The number of hydrogen-bond acceptors (Lipinski definition) is 2.